The van der Waals surface area contributed by atoms with Gasteiger partial charge in [-0.15, -0.1) is 0 Å². The summed E-state index contributed by atoms with van der Waals surface area (Å²) in [6.07, 6.45) is 4.35. The minimum atomic E-state index is -0.231. The maximum absolute atomic E-state index is 14.2. The molecule has 158 valence electrons. The molecule has 0 radical (unpaired) electrons. The summed E-state index contributed by atoms with van der Waals surface area (Å²) in [5.41, 5.74) is 6.62. The highest BCUT2D eigenvalue weighted by Gasteiger charge is 2.59. The van der Waals surface area contributed by atoms with Gasteiger partial charge < -0.3 is 0 Å². The van der Waals surface area contributed by atoms with Gasteiger partial charge in [0.1, 0.15) is 0 Å². The number of hydrogen-bond acceptors (Lipinski definition) is 1. The number of hydrogen-bond donors (Lipinski definition) is 0. The van der Waals surface area contributed by atoms with Gasteiger partial charge in [-0.2, -0.15) is 0 Å². The average molecular weight is 411 g/mol. The average Bonchev–Trinajstić information content (AvgIpc) is 3.33. The molecule has 3 aromatic carbocycles. The molecule has 1 aliphatic carbocycles. The summed E-state index contributed by atoms with van der Waals surface area (Å²) in [7, 11) is 0. The van der Waals surface area contributed by atoms with Crippen LogP contribution in [0.25, 0.3) is 0 Å². The third-order valence-electron chi connectivity index (χ3n) is 7.04. The smallest absolute Gasteiger partial charge is 0.285 e. The molecule has 5 rings (SSSR count). The van der Waals surface area contributed by atoms with Crippen LogP contribution in [0.15, 0.2) is 72.8 Å². The van der Waals surface area contributed by atoms with Crippen LogP contribution in [0.1, 0.15) is 54.0 Å². The molecule has 31 heavy (non-hydrogen) atoms. The van der Waals surface area contributed by atoms with Crippen molar-refractivity contribution in [1.82, 2.24) is 0 Å². The SMILES string of the molecule is Cc1ccc(N2C(=O)N(c3ccc(C)cc3)C3(CCCC3)C2c2cccc(C)c2)cc1. The van der Waals surface area contributed by atoms with E-state index in [1.807, 2.05) is 0 Å². The number of anilines is 2. The van der Waals surface area contributed by atoms with Crippen molar-refractivity contribution in [2.75, 3.05) is 9.80 Å². The second-order valence-corrected chi connectivity index (χ2v) is 9.29. The number of rotatable bonds is 3. The van der Waals surface area contributed by atoms with Crippen LogP contribution < -0.4 is 9.80 Å². The standard InChI is InChI=1S/C28H30N2O/c1-20-9-13-24(14-10-20)29-26(23-8-6-7-22(3)19-23)28(17-4-5-18-28)30(27(29)31)25-15-11-21(2)12-16-25/h6-16,19,26H,4-5,17-18H2,1-3H3. The second-order valence-electron chi connectivity index (χ2n) is 9.29. The molecule has 1 atom stereocenters. The van der Waals surface area contributed by atoms with Crippen molar-refractivity contribution in [1.29, 1.82) is 0 Å². The molecule has 3 nitrogen and oxygen atoms in total. The van der Waals surface area contributed by atoms with Crippen LogP contribution >= 0.6 is 0 Å². The van der Waals surface area contributed by atoms with Crippen LogP contribution in [0.2, 0.25) is 0 Å². The predicted octanol–water partition coefficient (Wildman–Crippen LogP) is 7.11. The lowest BCUT2D eigenvalue weighted by molar-refractivity contribution is 0.253. The van der Waals surface area contributed by atoms with Gasteiger partial charge in [-0.3, -0.25) is 9.80 Å². The van der Waals surface area contributed by atoms with E-state index < -0.39 is 0 Å². The van der Waals surface area contributed by atoms with Crippen molar-refractivity contribution in [3.05, 3.63) is 95.1 Å². The summed E-state index contributed by atoms with van der Waals surface area (Å²) in [4.78, 5) is 18.3. The van der Waals surface area contributed by atoms with Gasteiger partial charge in [0.05, 0.1) is 11.6 Å². The molecular weight excluding hydrogens is 380 g/mol. The number of amides is 2. The van der Waals surface area contributed by atoms with Crippen LogP contribution in [0.3, 0.4) is 0 Å². The number of benzene rings is 3. The Labute approximate surface area is 185 Å². The van der Waals surface area contributed by atoms with Gasteiger partial charge >= 0.3 is 6.03 Å². The maximum Gasteiger partial charge on any atom is 0.330 e. The van der Waals surface area contributed by atoms with Crippen molar-refractivity contribution in [3.63, 3.8) is 0 Å². The first-order valence-electron chi connectivity index (χ1n) is 11.3. The molecule has 1 aliphatic heterocycles. The lowest BCUT2D eigenvalue weighted by Crippen LogP contribution is -2.46. The van der Waals surface area contributed by atoms with Crippen molar-refractivity contribution in [2.24, 2.45) is 0 Å². The number of urea groups is 1. The van der Waals surface area contributed by atoms with E-state index in [9.17, 15) is 4.79 Å². The fourth-order valence-electron chi connectivity index (χ4n) is 5.58. The molecular formula is C28H30N2O. The zero-order valence-electron chi connectivity index (χ0n) is 18.6. The van der Waals surface area contributed by atoms with Crippen LogP contribution in [0.4, 0.5) is 16.2 Å². The highest BCUT2D eigenvalue weighted by molar-refractivity contribution is 6.09. The molecule has 3 heteroatoms. The molecule has 0 N–H and O–H groups in total. The van der Waals surface area contributed by atoms with E-state index >= 15 is 0 Å². The van der Waals surface area contributed by atoms with Crippen LogP contribution in [-0.2, 0) is 0 Å². The fourth-order valence-corrected chi connectivity index (χ4v) is 5.58. The summed E-state index contributed by atoms with van der Waals surface area (Å²) >= 11 is 0. The van der Waals surface area contributed by atoms with Gasteiger partial charge in [-0.1, -0.05) is 78.1 Å². The summed E-state index contributed by atoms with van der Waals surface area (Å²) in [5.74, 6) is 0. The first-order chi connectivity index (χ1) is 15.0. The maximum atomic E-state index is 14.2. The molecule has 1 unspecified atom stereocenters. The van der Waals surface area contributed by atoms with Crippen LogP contribution in [0.5, 0.6) is 0 Å². The second kappa shape index (κ2) is 7.56. The Morgan fingerprint density at radius 3 is 1.90 bits per heavy atom. The first-order valence-corrected chi connectivity index (χ1v) is 11.3. The van der Waals surface area contributed by atoms with Gasteiger partial charge in [0, 0.05) is 11.4 Å². The minimum Gasteiger partial charge on any atom is -0.285 e. The van der Waals surface area contributed by atoms with Crippen molar-refractivity contribution in [2.45, 2.75) is 58.0 Å². The Kier molecular flexibility index (Phi) is 4.85. The highest BCUT2D eigenvalue weighted by atomic mass is 16.2. The zero-order chi connectivity index (χ0) is 21.6. The number of aryl methyl sites for hydroxylation is 3. The van der Waals surface area contributed by atoms with Gasteiger partial charge in [0.15, 0.2) is 0 Å². The van der Waals surface area contributed by atoms with Crippen molar-refractivity contribution >= 4 is 17.4 Å². The summed E-state index contributed by atoms with van der Waals surface area (Å²) in [6.45, 7) is 6.31. The minimum absolute atomic E-state index is 0.00795. The topological polar surface area (TPSA) is 23.6 Å². The molecule has 2 fully saturated rings. The predicted molar refractivity (Wildman–Crippen MR) is 128 cm³/mol. The molecule has 2 amide bonds. The van der Waals surface area contributed by atoms with E-state index in [-0.39, 0.29) is 17.6 Å². The van der Waals surface area contributed by atoms with E-state index in [1.165, 1.54) is 22.3 Å². The zero-order valence-corrected chi connectivity index (χ0v) is 18.6. The Balaban J connectivity index is 1.73. The largest absolute Gasteiger partial charge is 0.330 e. The highest BCUT2D eigenvalue weighted by Crippen LogP contribution is 2.55. The van der Waals surface area contributed by atoms with E-state index in [1.54, 1.807) is 0 Å². The Morgan fingerprint density at radius 1 is 0.742 bits per heavy atom. The summed E-state index contributed by atoms with van der Waals surface area (Å²) < 4.78 is 0. The van der Waals surface area contributed by atoms with E-state index in [4.69, 9.17) is 0 Å². The lowest BCUT2D eigenvalue weighted by Gasteiger charge is -2.39. The Morgan fingerprint density at radius 2 is 1.32 bits per heavy atom. The lowest BCUT2D eigenvalue weighted by atomic mass is 9.82. The van der Waals surface area contributed by atoms with Crippen molar-refractivity contribution < 1.29 is 4.79 Å². The summed E-state index contributed by atoms with van der Waals surface area (Å²) in [6, 6.07) is 25.6. The summed E-state index contributed by atoms with van der Waals surface area (Å²) in [5, 5.41) is 0. The van der Waals surface area contributed by atoms with E-state index in [2.05, 4.69) is 103 Å². The third kappa shape index (κ3) is 3.23. The normalized spacial score (nSPS) is 20.1. The Bertz CT molecular complexity index is 1090. The van der Waals surface area contributed by atoms with E-state index in [0.29, 0.717) is 0 Å². The molecule has 1 spiro atoms. The fraction of sp³-hybridized carbons (Fsp3) is 0.321. The van der Waals surface area contributed by atoms with E-state index in [0.717, 1.165) is 37.1 Å². The van der Waals surface area contributed by atoms with Gasteiger partial charge in [-0.05, 0) is 63.4 Å². The Hall–Kier alpha value is -3.07. The van der Waals surface area contributed by atoms with Crippen LogP contribution in [0, 0.1) is 20.8 Å². The number of carbonyl (C=O) groups is 1. The number of nitrogens with zero attached hydrogens (tertiary/aromatic N) is 2. The molecule has 1 saturated heterocycles. The molecule has 2 aliphatic rings. The third-order valence-corrected chi connectivity index (χ3v) is 7.04. The quantitative estimate of drug-likeness (QED) is 0.451. The van der Waals surface area contributed by atoms with Crippen molar-refractivity contribution in [3.8, 4) is 0 Å². The molecule has 0 bridgehead atoms. The molecule has 0 aromatic heterocycles. The molecule has 3 aromatic rings. The van der Waals surface area contributed by atoms with Gasteiger partial charge in [-0.25, -0.2) is 4.79 Å². The molecule has 1 saturated carbocycles. The first kappa shape index (κ1) is 19.9. The van der Waals surface area contributed by atoms with Gasteiger partial charge in [0.2, 0.25) is 0 Å². The monoisotopic (exact) mass is 410 g/mol. The van der Waals surface area contributed by atoms with Crippen LogP contribution in [-0.4, -0.2) is 11.6 Å². The molecule has 1 heterocycles. The number of carbonyl (C=O) groups excluding carboxylic acids is 1. The van der Waals surface area contributed by atoms with Gasteiger partial charge in [0.25, 0.3) is 0 Å².